The molecule has 0 aliphatic rings. The zero-order valence-electron chi connectivity index (χ0n) is 12.8. The molecule has 0 radical (unpaired) electrons. The van der Waals surface area contributed by atoms with Crippen molar-refractivity contribution in [2.45, 2.75) is 25.7 Å². The molecule has 2 aromatic rings. The third-order valence-electron chi connectivity index (χ3n) is 3.25. The molecule has 0 amide bonds. The standard InChI is InChI=1S/C18H19ClO4/c1-13(20)23-18(15-9-5-6-10-16(15)19)17(21)12-22-11-14-7-3-2-4-8-14/h2-10,17-18,21H,11-12H2,1H3/t17-,18+/m0/s1. The molecule has 0 aliphatic carbocycles. The molecule has 0 spiro atoms. The molecule has 0 heterocycles. The van der Waals surface area contributed by atoms with Crippen molar-refractivity contribution in [3.05, 3.63) is 70.7 Å². The topological polar surface area (TPSA) is 55.8 Å². The second-order valence-corrected chi connectivity index (χ2v) is 5.53. The Bertz CT molecular complexity index is 630. The first kappa shape index (κ1) is 17.5. The lowest BCUT2D eigenvalue weighted by Gasteiger charge is -2.23. The van der Waals surface area contributed by atoms with E-state index in [0.29, 0.717) is 17.2 Å². The Morgan fingerprint density at radius 3 is 2.43 bits per heavy atom. The summed E-state index contributed by atoms with van der Waals surface area (Å²) >= 11 is 6.13. The van der Waals surface area contributed by atoms with E-state index in [9.17, 15) is 9.90 Å². The number of carbonyl (C=O) groups is 1. The zero-order chi connectivity index (χ0) is 16.7. The molecule has 0 saturated heterocycles. The number of aliphatic hydroxyl groups is 1. The number of hydrogen-bond acceptors (Lipinski definition) is 4. The first-order chi connectivity index (χ1) is 11.1. The van der Waals surface area contributed by atoms with Gasteiger partial charge >= 0.3 is 5.97 Å². The quantitative estimate of drug-likeness (QED) is 0.787. The van der Waals surface area contributed by atoms with Crippen LogP contribution in [0.25, 0.3) is 0 Å². The number of rotatable bonds is 7. The Hall–Kier alpha value is -1.88. The SMILES string of the molecule is CC(=O)O[C@H](c1ccccc1Cl)[C@@H](O)COCc1ccccc1. The maximum atomic E-state index is 11.3. The summed E-state index contributed by atoms with van der Waals surface area (Å²) in [5.74, 6) is -0.489. The molecule has 2 rings (SSSR count). The molecule has 4 nitrogen and oxygen atoms in total. The summed E-state index contributed by atoms with van der Waals surface area (Å²) in [5, 5.41) is 10.8. The molecule has 23 heavy (non-hydrogen) atoms. The molecule has 5 heteroatoms. The smallest absolute Gasteiger partial charge is 0.303 e. The van der Waals surface area contributed by atoms with Gasteiger partial charge in [-0.25, -0.2) is 0 Å². The summed E-state index contributed by atoms with van der Waals surface area (Å²) in [6, 6.07) is 16.6. The van der Waals surface area contributed by atoms with Crippen LogP contribution in [0.5, 0.6) is 0 Å². The number of ether oxygens (including phenoxy) is 2. The molecule has 0 fully saturated rings. The summed E-state index contributed by atoms with van der Waals surface area (Å²) < 4.78 is 10.7. The predicted molar refractivity (Wildman–Crippen MR) is 88.1 cm³/mol. The molecular weight excluding hydrogens is 316 g/mol. The first-order valence-electron chi connectivity index (χ1n) is 7.29. The van der Waals surface area contributed by atoms with Crippen molar-refractivity contribution in [3.8, 4) is 0 Å². The van der Waals surface area contributed by atoms with E-state index in [1.54, 1.807) is 24.3 Å². The second-order valence-electron chi connectivity index (χ2n) is 5.12. The summed E-state index contributed by atoms with van der Waals surface area (Å²) in [5.41, 5.74) is 1.56. The molecule has 0 unspecified atom stereocenters. The van der Waals surface area contributed by atoms with Gasteiger partial charge in [0.25, 0.3) is 0 Å². The van der Waals surface area contributed by atoms with Gasteiger partial charge in [-0.1, -0.05) is 60.1 Å². The lowest BCUT2D eigenvalue weighted by atomic mass is 10.0. The maximum absolute atomic E-state index is 11.3. The third kappa shape index (κ3) is 5.36. The van der Waals surface area contributed by atoms with Gasteiger partial charge in [0.05, 0.1) is 13.2 Å². The van der Waals surface area contributed by atoms with E-state index in [-0.39, 0.29) is 6.61 Å². The van der Waals surface area contributed by atoms with Gasteiger partial charge in [0.2, 0.25) is 0 Å². The highest BCUT2D eigenvalue weighted by Crippen LogP contribution is 2.28. The molecule has 0 aromatic heterocycles. The summed E-state index contributed by atoms with van der Waals surface area (Å²) in [4.78, 5) is 11.3. The minimum atomic E-state index is -1.01. The molecule has 2 aromatic carbocycles. The van der Waals surface area contributed by atoms with Crippen LogP contribution in [0.3, 0.4) is 0 Å². The van der Waals surface area contributed by atoms with E-state index < -0.39 is 18.2 Å². The van der Waals surface area contributed by atoms with Gasteiger partial charge in [-0.15, -0.1) is 0 Å². The van der Waals surface area contributed by atoms with Crippen molar-refractivity contribution in [1.29, 1.82) is 0 Å². The van der Waals surface area contributed by atoms with Gasteiger partial charge in [-0.3, -0.25) is 4.79 Å². The van der Waals surface area contributed by atoms with E-state index in [4.69, 9.17) is 21.1 Å². The molecule has 0 saturated carbocycles. The fraction of sp³-hybridized carbons (Fsp3) is 0.278. The van der Waals surface area contributed by atoms with Crippen LogP contribution >= 0.6 is 11.6 Å². The van der Waals surface area contributed by atoms with Crippen LogP contribution in [0.2, 0.25) is 5.02 Å². The van der Waals surface area contributed by atoms with Crippen LogP contribution < -0.4 is 0 Å². The van der Waals surface area contributed by atoms with Gasteiger partial charge in [-0.05, 0) is 11.6 Å². The van der Waals surface area contributed by atoms with E-state index in [2.05, 4.69) is 0 Å². The lowest BCUT2D eigenvalue weighted by Crippen LogP contribution is -2.28. The van der Waals surface area contributed by atoms with Crippen LogP contribution in [0, 0.1) is 0 Å². The van der Waals surface area contributed by atoms with E-state index in [0.717, 1.165) is 5.56 Å². The molecule has 0 aliphatic heterocycles. The van der Waals surface area contributed by atoms with Crippen LogP contribution in [-0.4, -0.2) is 23.8 Å². The van der Waals surface area contributed by atoms with Crippen molar-refractivity contribution in [1.82, 2.24) is 0 Å². The average molecular weight is 335 g/mol. The normalized spacial score (nSPS) is 13.3. The Labute approximate surface area is 140 Å². The fourth-order valence-electron chi connectivity index (χ4n) is 2.19. The Morgan fingerprint density at radius 2 is 1.78 bits per heavy atom. The van der Waals surface area contributed by atoms with E-state index in [1.807, 2.05) is 30.3 Å². The van der Waals surface area contributed by atoms with Crippen molar-refractivity contribution >= 4 is 17.6 Å². The number of benzene rings is 2. The van der Waals surface area contributed by atoms with Gasteiger partial charge in [0.15, 0.2) is 6.10 Å². The summed E-state index contributed by atoms with van der Waals surface area (Å²) in [6.45, 7) is 1.69. The van der Waals surface area contributed by atoms with Crippen molar-refractivity contribution in [2.24, 2.45) is 0 Å². The number of aliphatic hydroxyl groups excluding tert-OH is 1. The van der Waals surface area contributed by atoms with E-state index in [1.165, 1.54) is 6.92 Å². The van der Waals surface area contributed by atoms with Crippen LogP contribution in [-0.2, 0) is 20.9 Å². The number of hydrogen-bond donors (Lipinski definition) is 1. The van der Waals surface area contributed by atoms with Gasteiger partial charge in [-0.2, -0.15) is 0 Å². The average Bonchev–Trinajstić information content (AvgIpc) is 2.54. The highest BCUT2D eigenvalue weighted by Gasteiger charge is 2.26. The minimum Gasteiger partial charge on any atom is -0.455 e. The monoisotopic (exact) mass is 334 g/mol. The molecule has 1 N–H and O–H groups in total. The van der Waals surface area contributed by atoms with Crippen molar-refractivity contribution in [2.75, 3.05) is 6.61 Å². The predicted octanol–water partition coefficient (Wildman–Crippen LogP) is 3.52. The van der Waals surface area contributed by atoms with Crippen molar-refractivity contribution < 1.29 is 19.4 Å². The third-order valence-corrected chi connectivity index (χ3v) is 3.60. The number of halogens is 1. The minimum absolute atomic E-state index is 0.0259. The Morgan fingerprint density at radius 1 is 1.13 bits per heavy atom. The zero-order valence-corrected chi connectivity index (χ0v) is 13.6. The highest BCUT2D eigenvalue weighted by atomic mass is 35.5. The van der Waals surface area contributed by atoms with Crippen LogP contribution in [0.15, 0.2) is 54.6 Å². The summed E-state index contributed by atoms with van der Waals surface area (Å²) in [7, 11) is 0. The molecular formula is C18H19ClO4. The Kier molecular flexibility index (Phi) is 6.59. The largest absolute Gasteiger partial charge is 0.455 e. The molecule has 2 atom stereocenters. The first-order valence-corrected chi connectivity index (χ1v) is 7.67. The Balaban J connectivity index is 2.01. The van der Waals surface area contributed by atoms with Gasteiger partial charge in [0.1, 0.15) is 6.10 Å². The van der Waals surface area contributed by atoms with Crippen LogP contribution in [0.1, 0.15) is 24.2 Å². The summed E-state index contributed by atoms with van der Waals surface area (Å²) in [6.07, 6.45) is -1.88. The highest BCUT2D eigenvalue weighted by molar-refractivity contribution is 6.31. The maximum Gasteiger partial charge on any atom is 0.303 e. The van der Waals surface area contributed by atoms with E-state index >= 15 is 0 Å². The van der Waals surface area contributed by atoms with Crippen LogP contribution in [0.4, 0.5) is 0 Å². The van der Waals surface area contributed by atoms with Gasteiger partial charge < -0.3 is 14.6 Å². The van der Waals surface area contributed by atoms with Gasteiger partial charge in [0, 0.05) is 17.5 Å². The number of esters is 1. The lowest BCUT2D eigenvalue weighted by molar-refractivity contribution is -0.155. The number of carbonyl (C=O) groups excluding carboxylic acids is 1. The molecule has 0 bridgehead atoms. The molecule has 122 valence electrons. The fourth-order valence-corrected chi connectivity index (χ4v) is 2.44. The second kappa shape index (κ2) is 8.67. The van der Waals surface area contributed by atoms with Crippen molar-refractivity contribution in [3.63, 3.8) is 0 Å².